The molecule has 1 aliphatic rings. The molecule has 2 N–H and O–H groups in total. The fraction of sp³-hybridized carbons (Fsp3) is 0.417. The summed E-state index contributed by atoms with van der Waals surface area (Å²) in [4.78, 5) is 11.1. The van der Waals surface area contributed by atoms with Gasteiger partial charge in [-0.3, -0.25) is 4.79 Å². The first-order valence-corrected chi connectivity index (χ1v) is 5.39. The van der Waals surface area contributed by atoms with Crippen molar-refractivity contribution in [1.29, 1.82) is 0 Å². The van der Waals surface area contributed by atoms with E-state index in [9.17, 15) is 9.18 Å². The maximum absolute atomic E-state index is 13.1. The smallest absolute Gasteiger partial charge is 0.246 e. The third-order valence-electron chi connectivity index (χ3n) is 2.90. The van der Waals surface area contributed by atoms with Crippen LogP contribution >= 0.6 is 0 Å². The highest BCUT2D eigenvalue weighted by Gasteiger charge is 2.21. The molecule has 0 fully saturated rings. The van der Waals surface area contributed by atoms with E-state index in [0.29, 0.717) is 0 Å². The Morgan fingerprint density at radius 2 is 2.38 bits per heavy atom. The van der Waals surface area contributed by atoms with Gasteiger partial charge in [-0.05, 0) is 42.5 Å². The number of benzene rings is 1. The molecule has 1 unspecified atom stereocenters. The van der Waals surface area contributed by atoms with Gasteiger partial charge in [-0.15, -0.1) is 0 Å². The number of nitrogens with one attached hydrogen (secondary N) is 1. The first-order chi connectivity index (χ1) is 7.70. The number of fused-ring (bicyclic) bond motifs is 1. The van der Waals surface area contributed by atoms with Crippen molar-refractivity contribution in [3.8, 4) is 0 Å². The van der Waals surface area contributed by atoms with Crippen LogP contribution in [0.2, 0.25) is 0 Å². The van der Waals surface area contributed by atoms with Crippen molar-refractivity contribution < 1.29 is 14.3 Å². The zero-order valence-electron chi connectivity index (χ0n) is 8.87. The molecule has 1 amide bonds. The molecule has 1 aromatic rings. The third-order valence-corrected chi connectivity index (χ3v) is 2.90. The molecule has 2 rings (SSSR count). The normalized spacial score (nSPS) is 19.0. The minimum absolute atomic E-state index is 0.168. The van der Waals surface area contributed by atoms with Crippen LogP contribution in [0.1, 0.15) is 30.0 Å². The predicted molar refractivity (Wildman–Crippen MR) is 57.3 cm³/mol. The second-order valence-corrected chi connectivity index (χ2v) is 4.01. The molecule has 86 valence electrons. The first kappa shape index (κ1) is 11.1. The van der Waals surface area contributed by atoms with Crippen molar-refractivity contribution >= 4 is 5.91 Å². The Morgan fingerprint density at radius 1 is 1.56 bits per heavy atom. The Kier molecular flexibility index (Phi) is 3.19. The van der Waals surface area contributed by atoms with Crippen LogP contribution in [-0.2, 0) is 11.2 Å². The topological polar surface area (TPSA) is 49.3 Å². The van der Waals surface area contributed by atoms with Crippen LogP contribution in [0.25, 0.3) is 0 Å². The number of aliphatic hydroxyl groups excluding tert-OH is 1. The zero-order chi connectivity index (χ0) is 11.5. The third kappa shape index (κ3) is 2.22. The second kappa shape index (κ2) is 4.61. The number of amides is 1. The molecule has 0 saturated carbocycles. The van der Waals surface area contributed by atoms with Crippen molar-refractivity contribution in [2.75, 3.05) is 6.61 Å². The summed E-state index contributed by atoms with van der Waals surface area (Å²) < 4.78 is 13.1. The van der Waals surface area contributed by atoms with Crippen LogP contribution in [0.3, 0.4) is 0 Å². The number of rotatable bonds is 2. The molecule has 0 heterocycles. The Labute approximate surface area is 93.3 Å². The highest BCUT2D eigenvalue weighted by Crippen LogP contribution is 2.30. The lowest BCUT2D eigenvalue weighted by Crippen LogP contribution is -2.32. The number of halogens is 1. The van der Waals surface area contributed by atoms with Crippen molar-refractivity contribution in [2.24, 2.45) is 0 Å². The van der Waals surface area contributed by atoms with Gasteiger partial charge >= 0.3 is 0 Å². The van der Waals surface area contributed by atoms with Gasteiger partial charge in [0.1, 0.15) is 12.4 Å². The Hall–Kier alpha value is -1.42. The van der Waals surface area contributed by atoms with Crippen LogP contribution in [0.15, 0.2) is 18.2 Å². The van der Waals surface area contributed by atoms with Crippen LogP contribution in [0.5, 0.6) is 0 Å². The molecule has 0 spiro atoms. The lowest BCUT2D eigenvalue weighted by Gasteiger charge is -2.26. The summed E-state index contributed by atoms with van der Waals surface area (Å²) in [6.07, 6.45) is 2.68. The van der Waals surface area contributed by atoms with E-state index in [1.54, 1.807) is 6.07 Å². The number of hydrogen-bond donors (Lipinski definition) is 2. The summed E-state index contributed by atoms with van der Waals surface area (Å²) in [7, 11) is 0. The van der Waals surface area contributed by atoms with E-state index in [0.717, 1.165) is 30.4 Å². The maximum Gasteiger partial charge on any atom is 0.246 e. The maximum atomic E-state index is 13.1. The van der Waals surface area contributed by atoms with Crippen LogP contribution < -0.4 is 5.32 Å². The molecule has 0 bridgehead atoms. The molecule has 0 saturated heterocycles. The predicted octanol–water partition coefficient (Wildman–Crippen LogP) is 1.31. The van der Waals surface area contributed by atoms with Gasteiger partial charge in [0, 0.05) is 0 Å². The molecule has 0 radical (unpaired) electrons. The molecular weight excluding hydrogens is 209 g/mol. The van der Waals surface area contributed by atoms with E-state index in [2.05, 4.69) is 5.32 Å². The average molecular weight is 223 g/mol. The van der Waals surface area contributed by atoms with Gasteiger partial charge in [-0.2, -0.15) is 0 Å². The fourth-order valence-corrected chi connectivity index (χ4v) is 2.16. The highest BCUT2D eigenvalue weighted by molar-refractivity contribution is 5.77. The Bertz CT molecular complexity index is 406. The van der Waals surface area contributed by atoms with Gasteiger partial charge in [-0.25, -0.2) is 4.39 Å². The van der Waals surface area contributed by atoms with E-state index in [1.807, 2.05) is 0 Å². The lowest BCUT2D eigenvalue weighted by molar-refractivity contribution is -0.124. The molecule has 16 heavy (non-hydrogen) atoms. The van der Waals surface area contributed by atoms with Gasteiger partial charge in [0.2, 0.25) is 5.91 Å². The minimum atomic E-state index is -0.527. The molecule has 1 aromatic carbocycles. The van der Waals surface area contributed by atoms with Gasteiger partial charge in [0.25, 0.3) is 0 Å². The standard InChI is InChI=1S/C12H14FNO2/c13-9-5-4-8-2-1-3-11(10(8)6-9)14-12(16)7-15/h4-6,11,15H,1-3,7H2,(H,14,16). The van der Waals surface area contributed by atoms with E-state index in [4.69, 9.17) is 5.11 Å². The van der Waals surface area contributed by atoms with Crippen LogP contribution in [0.4, 0.5) is 4.39 Å². The van der Waals surface area contributed by atoms with E-state index < -0.39 is 12.5 Å². The van der Waals surface area contributed by atoms with Crippen molar-refractivity contribution in [2.45, 2.75) is 25.3 Å². The van der Waals surface area contributed by atoms with Crippen molar-refractivity contribution in [1.82, 2.24) is 5.32 Å². The first-order valence-electron chi connectivity index (χ1n) is 5.39. The molecular formula is C12H14FNO2. The van der Waals surface area contributed by atoms with E-state index >= 15 is 0 Å². The summed E-state index contributed by atoms with van der Waals surface area (Å²) >= 11 is 0. The Balaban J connectivity index is 2.24. The van der Waals surface area contributed by atoms with E-state index in [-0.39, 0.29) is 11.9 Å². The molecule has 0 aromatic heterocycles. The molecule has 3 nitrogen and oxygen atoms in total. The molecule has 0 aliphatic heterocycles. The summed E-state index contributed by atoms with van der Waals surface area (Å²) in [5.41, 5.74) is 1.92. The second-order valence-electron chi connectivity index (χ2n) is 4.01. The summed E-state index contributed by atoms with van der Waals surface area (Å²) in [5, 5.41) is 11.4. The largest absolute Gasteiger partial charge is 0.387 e. The van der Waals surface area contributed by atoms with Gasteiger partial charge in [0.05, 0.1) is 6.04 Å². The van der Waals surface area contributed by atoms with Crippen molar-refractivity contribution in [3.05, 3.63) is 35.1 Å². The lowest BCUT2D eigenvalue weighted by atomic mass is 9.87. The SMILES string of the molecule is O=C(CO)NC1CCCc2ccc(F)cc21. The minimum Gasteiger partial charge on any atom is -0.387 e. The quantitative estimate of drug-likeness (QED) is 0.794. The molecule has 1 aliphatic carbocycles. The van der Waals surface area contributed by atoms with Crippen molar-refractivity contribution in [3.63, 3.8) is 0 Å². The Morgan fingerprint density at radius 3 is 3.12 bits per heavy atom. The number of aryl methyl sites for hydroxylation is 1. The number of carbonyl (C=O) groups excluding carboxylic acids is 1. The van der Waals surface area contributed by atoms with Gasteiger partial charge in [0.15, 0.2) is 0 Å². The summed E-state index contributed by atoms with van der Waals surface area (Å²) in [5.74, 6) is -0.703. The number of aliphatic hydroxyl groups is 1. The summed E-state index contributed by atoms with van der Waals surface area (Å²) in [6, 6.07) is 4.51. The van der Waals surface area contributed by atoms with Gasteiger partial charge in [-0.1, -0.05) is 6.07 Å². The van der Waals surface area contributed by atoms with Crippen LogP contribution in [-0.4, -0.2) is 17.6 Å². The van der Waals surface area contributed by atoms with Gasteiger partial charge < -0.3 is 10.4 Å². The van der Waals surface area contributed by atoms with E-state index in [1.165, 1.54) is 12.1 Å². The summed E-state index contributed by atoms with van der Waals surface area (Å²) in [6.45, 7) is -0.527. The highest BCUT2D eigenvalue weighted by atomic mass is 19.1. The molecule has 1 atom stereocenters. The number of hydrogen-bond acceptors (Lipinski definition) is 2. The molecule has 4 heteroatoms. The fourth-order valence-electron chi connectivity index (χ4n) is 2.16. The van der Waals surface area contributed by atoms with Crippen LogP contribution in [0, 0.1) is 5.82 Å². The zero-order valence-corrected chi connectivity index (χ0v) is 8.87. The monoisotopic (exact) mass is 223 g/mol. The number of carbonyl (C=O) groups is 1. The average Bonchev–Trinajstić information content (AvgIpc) is 2.29.